The van der Waals surface area contributed by atoms with Crippen LogP contribution < -0.4 is 20.3 Å². The number of hydrazine groups is 1. The van der Waals surface area contributed by atoms with Gasteiger partial charge >= 0.3 is 0 Å². The Morgan fingerprint density at radius 1 is 1.00 bits per heavy atom. The predicted octanol–water partition coefficient (Wildman–Crippen LogP) is 0.967. The smallest absolute Gasteiger partial charge is 0.269 e. The van der Waals surface area contributed by atoms with E-state index in [1.807, 2.05) is 0 Å². The van der Waals surface area contributed by atoms with Crippen LogP contribution in [-0.2, 0) is 10.0 Å². The van der Waals surface area contributed by atoms with Gasteiger partial charge in [0.2, 0.25) is 10.0 Å². The summed E-state index contributed by atoms with van der Waals surface area (Å²) in [4.78, 5) is 24.9. The summed E-state index contributed by atoms with van der Waals surface area (Å²) in [5, 5.41) is 10.9. The van der Waals surface area contributed by atoms with Crippen molar-refractivity contribution in [2.24, 2.45) is 0 Å². The lowest BCUT2D eigenvalue weighted by atomic mass is 10.2. The van der Waals surface area contributed by atoms with Crippen molar-refractivity contribution in [1.82, 2.24) is 35.8 Å². The fourth-order valence-corrected chi connectivity index (χ4v) is 5.16. The Labute approximate surface area is 195 Å². The monoisotopic (exact) mass is 485 g/mol. The molecule has 13 heteroatoms. The third-order valence-electron chi connectivity index (χ3n) is 5.42. The number of hydrogen-bond acceptors (Lipinski definition) is 8. The van der Waals surface area contributed by atoms with Crippen LogP contribution >= 0.6 is 0 Å². The normalized spacial score (nSPS) is 14.0. The molecule has 3 N–H and O–H groups in total. The minimum absolute atomic E-state index is 0.0435. The molecule has 12 nitrogen and oxygen atoms in total. The molecule has 0 spiro atoms. The molecule has 0 radical (unpaired) electrons. The number of benzene rings is 2. The fourth-order valence-electron chi connectivity index (χ4n) is 3.66. The average molecular weight is 486 g/mol. The number of carbonyl (C=O) groups is 2. The third-order valence-corrected chi connectivity index (χ3v) is 6.97. The molecule has 1 aromatic heterocycles. The Bertz CT molecular complexity index is 1270. The standard InChI is InChI=1S/C21H23N7O5S/c1-33-18-11-8-15(12-19(18)34(31,32)25-16-4-2-3-5-16)21(30)24-23-20(29)14-6-9-17(10-7-14)28-13-22-26-27-28/h6-13,16,25H,2-5H2,1H3,(H,23,29)(H,24,30). The average Bonchev–Trinajstić information content (AvgIpc) is 3.56. The SMILES string of the molecule is COc1ccc(C(=O)NNC(=O)c2ccc(-n3cnnn3)cc2)cc1S(=O)(=O)NC1CCCC1. The first-order valence-corrected chi connectivity index (χ1v) is 12.0. The topological polar surface area (TPSA) is 157 Å². The zero-order valence-electron chi connectivity index (χ0n) is 18.3. The van der Waals surface area contributed by atoms with Gasteiger partial charge in [-0.1, -0.05) is 12.8 Å². The van der Waals surface area contributed by atoms with Gasteiger partial charge in [0.15, 0.2) is 0 Å². The largest absolute Gasteiger partial charge is 0.495 e. The molecule has 0 saturated heterocycles. The highest BCUT2D eigenvalue weighted by molar-refractivity contribution is 7.89. The van der Waals surface area contributed by atoms with E-state index in [4.69, 9.17) is 4.74 Å². The van der Waals surface area contributed by atoms with Crippen LogP contribution in [0.25, 0.3) is 5.69 Å². The summed E-state index contributed by atoms with van der Waals surface area (Å²) in [6, 6.07) is 10.3. The Kier molecular flexibility index (Phi) is 6.84. The van der Waals surface area contributed by atoms with E-state index in [1.54, 1.807) is 24.3 Å². The second-order valence-corrected chi connectivity index (χ2v) is 9.36. The van der Waals surface area contributed by atoms with Crippen LogP contribution in [0.2, 0.25) is 0 Å². The third kappa shape index (κ3) is 5.21. The minimum atomic E-state index is -3.90. The molecule has 4 rings (SSSR count). The van der Waals surface area contributed by atoms with Crippen LogP contribution in [0.1, 0.15) is 46.4 Å². The summed E-state index contributed by atoms with van der Waals surface area (Å²) in [7, 11) is -2.54. The van der Waals surface area contributed by atoms with E-state index in [9.17, 15) is 18.0 Å². The number of tetrazole rings is 1. The minimum Gasteiger partial charge on any atom is -0.495 e. The molecule has 2 amide bonds. The summed E-state index contributed by atoms with van der Waals surface area (Å²) < 4.78 is 35.1. The van der Waals surface area contributed by atoms with Crippen molar-refractivity contribution in [3.63, 3.8) is 0 Å². The molecule has 1 fully saturated rings. The van der Waals surface area contributed by atoms with Crippen LogP contribution in [0, 0.1) is 0 Å². The Balaban J connectivity index is 1.43. The van der Waals surface area contributed by atoms with Crippen molar-refractivity contribution in [2.45, 2.75) is 36.6 Å². The number of nitrogens with one attached hydrogen (secondary N) is 3. The van der Waals surface area contributed by atoms with Gasteiger partial charge in [0.05, 0.1) is 12.8 Å². The summed E-state index contributed by atoms with van der Waals surface area (Å²) >= 11 is 0. The number of hydrogen-bond donors (Lipinski definition) is 3. The van der Waals surface area contributed by atoms with E-state index in [0.29, 0.717) is 5.69 Å². The highest BCUT2D eigenvalue weighted by Crippen LogP contribution is 2.27. The Morgan fingerprint density at radius 2 is 1.65 bits per heavy atom. The molecule has 1 aliphatic carbocycles. The molecule has 0 unspecified atom stereocenters. The Hall–Kier alpha value is -3.84. The van der Waals surface area contributed by atoms with Crippen LogP contribution in [0.15, 0.2) is 53.7 Å². The molecule has 0 bridgehead atoms. The van der Waals surface area contributed by atoms with Gasteiger partial charge in [0, 0.05) is 17.2 Å². The lowest BCUT2D eigenvalue weighted by molar-refractivity contribution is 0.0846. The number of carbonyl (C=O) groups excluding carboxylic acids is 2. The van der Waals surface area contributed by atoms with Crippen LogP contribution in [0.3, 0.4) is 0 Å². The van der Waals surface area contributed by atoms with Gasteiger partial charge in [-0.05, 0) is 65.7 Å². The molecule has 0 atom stereocenters. The molecule has 34 heavy (non-hydrogen) atoms. The maximum absolute atomic E-state index is 12.9. The van der Waals surface area contributed by atoms with E-state index in [-0.39, 0.29) is 27.8 Å². The first kappa shape index (κ1) is 23.3. The van der Waals surface area contributed by atoms with E-state index >= 15 is 0 Å². The van der Waals surface area contributed by atoms with Crippen LogP contribution in [-0.4, -0.2) is 53.6 Å². The summed E-state index contributed by atoms with van der Waals surface area (Å²) in [6.45, 7) is 0. The van der Waals surface area contributed by atoms with Crippen molar-refractivity contribution in [2.75, 3.05) is 7.11 Å². The summed E-state index contributed by atoms with van der Waals surface area (Å²) in [5.41, 5.74) is 5.60. The second-order valence-electron chi connectivity index (χ2n) is 7.68. The number of nitrogens with zero attached hydrogens (tertiary/aromatic N) is 4. The Morgan fingerprint density at radius 3 is 2.26 bits per heavy atom. The van der Waals surface area contributed by atoms with Gasteiger partial charge in [-0.3, -0.25) is 20.4 Å². The van der Waals surface area contributed by atoms with Crippen molar-refractivity contribution in [3.05, 3.63) is 59.9 Å². The number of ether oxygens (including phenoxy) is 1. The zero-order valence-corrected chi connectivity index (χ0v) is 19.1. The molecule has 0 aliphatic heterocycles. The molecular weight excluding hydrogens is 462 g/mol. The van der Waals surface area contributed by atoms with Crippen LogP contribution in [0.4, 0.5) is 0 Å². The molecular formula is C21H23N7O5S. The van der Waals surface area contributed by atoms with Crippen molar-refractivity contribution in [3.8, 4) is 11.4 Å². The van der Waals surface area contributed by atoms with E-state index < -0.39 is 21.8 Å². The van der Waals surface area contributed by atoms with Gasteiger partial charge in [0.25, 0.3) is 11.8 Å². The van der Waals surface area contributed by atoms with Gasteiger partial charge in [-0.2, -0.15) is 0 Å². The van der Waals surface area contributed by atoms with Gasteiger partial charge in [-0.25, -0.2) is 17.8 Å². The molecule has 2 aromatic carbocycles. The first-order valence-electron chi connectivity index (χ1n) is 10.5. The van der Waals surface area contributed by atoms with Crippen LogP contribution in [0.5, 0.6) is 5.75 Å². The quantitative estimate of drug-likeness (QED) is 0.418. The highest BCUT2D eigenvalue weighted by atomic mass is 32.2. The molecule has 1 aliphatic rings. The molecule has 178 valence electrons. The lowest BCUT2D eigenvalue weighted by Gasteiger charge is -2.16. The number of rotatable bonds is 7. The van der Waals surface area contributed by atoms with Gasteiger partial charge < -0.3 is 4.74 Å². The fraction of sp³-hybridized carbons (Fsp3) is 0.286. The maximum Gasteiger partial charge on any atom is 0.269 e. The van der Waals surface area contributed by atoms with E-state index in [1.165, 1.54) is 36.3 Å². The molecule has 1 heterocycles. The van der Waals surface area contributed by atoms with Gasteiger partial charge in [0.1, 0.15) is 17.0 Å². The summed E-state index contributed by atoms with van der Waals surface area (Å²) in [6.07, 6.45) is 4.89. The summed E-state index contributed by atoms with van der Waals surface area (Å²) in [5.74, 6) is -1.12. The van der Waals surface area contributed by atoms with Crippen molar-refractivity contribution >= 4 is 21.8 Å². The zero-order chi connectivity index (χ0) is 24.1. The number of amides is 2. The lowest BCUT2D eigenvalue weighted by Crippen LogP contribution is -2.41. The molecule has 1 saturated carbocycles. The van der Waals surface area contributed by atoms with Crippen molar-refractivity contribution in [1.29, 1.82) is 0 Å². The molecule has 3 aromatic rings. The van der Waals surface area contributed by atoms with Crippen molar-refractivity contribution < 1.29 is 22.7 Å². The van der Waals surface area contributed by atoms with Gasteiger partial charge in [-0.15, -0.1) is 5.10 Å². The second kappa shape index (κ2) is 9.97. The highest BCUT2D eigenvalue weighted by Gasteiger charge is 2.26. The van der Waals surface area contributed by atoms with E-state index in [2.05, 4.69) is 31.1 Å². The first-order chi connectivity index (χ1) is 16.4. The predicted molar refractivity (Wildman–Crippen MR) is 120 cm³/mol. The number of aromatic nitrogens is 4. The number of methoxy groups -OCH3 is 1. The number of sulfonamides is 1. The maximum atomic E-state index is 12.9. The van der Waals surface area contributed by atoms with E-state index in [0.717, 1.165) is 25.7 Å².